The topological polar surface area (TPSA) is 48.7 Å². The second-order valence-corrected chi connectivity index (χ2v) is 8.16. The van der Waals surface area contributed by atoms with Crippen LogP contribution >= 0.6 is 0 Å². The molecule has 0 aliphatic carbocycles. The van der Waals surface area contributed by atoms with E-state index < -0.39 is 0 Å². The highest BCUT2D eigenvalue weighted by Crippen LogP contribution is 2.27. The van der Waals surface area contributed by atoms with Crippen molar-refractivity contribution in [2.24, 2.45) is 0 Å². The van der Waals surface area contributed by atoms with Crippen molar-refractivity contribution in [3.63, 3.8) is 0 Å². The molecule has 2 aromatic rings. The Kier molecular flexibility index (Phi) is 4.70. The molecule has 1 saturated heterocycles. The van der Waals surface area contributed by atoms with E-state index in [1.165, 1.54) is 5.57 Å². The summed E-state index contributed by atoms with van der Waals surface area (Å²) in [6.45, 7) is 7.82. The van der Waals surface area contributed by atoms with E-state index in [2.05, 4.69) is 59.1 Å². The maximum absolute atomic E-state index is 12.9. The van der Waals surface area contributed by atoms with Gasteiger partial charge >= 0.3 is 5.63 Å². The van der Waals surface area contributed by atoms with Crippen LogP contribution in [-0.4, -0.2) is 37.1 Å². The molecule has 0 spiro atoms. The third kappa shape index (κ3) is 3.54. The number of allylic oxidation sites excluding steroid dienone is 4. The molecule has 1 fully saturated rings. The van der Waals surface area contributed by atoms with E-state index in [9.17, 15) is 4.79 Å². The maximum atomic E-state index is 12.9. The number of anilines is 1. The van der Waals surface area contributed by atoms with Crippen LogP contribution in [0.5, 0.6) is 0 Å². The highest BCUT2D eigenvalue weighted by molar-refractivity contribution is 5.85. The first-order valence-corrected chi connectivity index (χ1v) is 10.4. The number of fused-ring (bicyclic) bond motifs is 2. The molecular weight excluding hydrogens is 374 g/mol. The van der Waals surface area contributed by atoms with Gasteiger partial charge in [0.25, 0.3) is 0 Å². The first-order valence-electron chi connectivity index (χ1n) is 10.4. The van der Waals surface area contributed by atoms with Gasteiger partial charge in [-0.05, 0) is 61.9 Å². The average molecular weight is 399 g/mol. The molecule has 1 aromatic carbocycles. The highest BCUT2D eigenvalue weighted by atomic mass is 16.4. The lowest BCUT2D eigenvalue weighted by Crippen LogP contribution is -2.49. The summed E-state index contributed by atoms with van der Waals surface area (Å²) in [5.74, 6) is 0. The third-order valence-corrected chi connectivity index (χ3v) is 5.81. The molecule has 0 unspecified atom stereocenters. The zero-order valence-electron chi connectivity index (χ0n) is 17.3. The molecule has 4 heterocycles. The summed E-state index contributed by atoms with van der Waals surface area (Å²) >= 11 is 0. The van der Waals surface area contributed by atoms with Crippen LogP contribution in [0.4, 0.5) is 5.69 Å². The van der Waals surface area contributed by atoms with Gasteiger partial charge in [0.1, 0.15) is 5.58 Å². The Morgan fingerprint density at radius 3 is 3.00 bits per heavy atom. The number of rotatable bonds is 2. The van der Waals surface area contributed by atoms with Crippen molar-refractivity contribution in [1.29, 1.82) is 0 Å². The first-order chi connectivity index (χ1) is 14.6. The van der Waals surface area contributed by atoms with Crippen LogP contribution in [0.1, 0.15) is 19.4 Å². The molecule has 3 aliphatic rings. The molecule has 0 amide bonds. The average Bonchev–Trinajstić information content (AvgIpc) is 2.94. The van der Waals surface area contributed by atoms with E-state index >= 15 is 0 Å². The molecule has 0 saturated carbocycles. The standard InChI is InChI=1S/C25H25N3O2/c1-17-7-10-27-9-3-4-19(13-22(27)12-17)23-14-20-5-6-21(15-24(20)30-25(23)29)28-11-8-26-18(2)16-28/h3,5-7,10,12-15,18,26H,8-9,11,16H2,1-2H3/t18-/m1/s1. The maximum Gasteiger partial charge on any atom is 0.344 e. The van der Waals surface area contributed by atoms with Crippen LogP contribution in [0.15, 0.2) is 81.0 Å². The molecule has 1 atom stereocenters. The Hall–Kier alpha value is -3.27. The minimum Gasteiger partial charge on any atom is -0.422 e. The summed E-state index contributed by atoms with van der Waals surface area (Å²) < 4.78 is 5.76. The third-order valence-electron chi connectivity index (χ3n) is 5.81. The summed E-state index contributed by atoms with van der Waals surface area (Å²) in [4.78, 5) is 17.3. The first kappa shape index (κ1) is 18.7. The van der Waals surface area contributed by atoms with Gasteiger partial charge in [0.05, 0.1) is 5.56 Å². The van der Waals surface area contributed by atoms with Gasteiger partial charge < -0.3 is 19.5 Å². The van der Waals surface area contributed by atoms with Gasteiger partial charge in [-0.2, -0.15) is 0 Å². The van der Waals surface area contributed by atoms with Gasteiger partial charge in [-0.1, -0.05) is 0 Å². The molecule has 0 bridgehead atoms. The fourth-order valence-electron chi connectivity index (χ4n) is 4.20. The fourth-order valence-corrected chi connectivity index (χ4v) is 4.20. The van der Waals surface area contributed by atoms with Gasteiger partial charge in [0, 0.05) is 66.8 Å². The van der Waals surface area contributed by atoms with Crippen molar-refractivity contribution in [3.8, 4) is 0 Å². The molecular formula is C25H25N3O2. The van der Waals surface area contributed by atoms with E-state index in [1.54, 1.807) is 0 Å². The summed E-state index contributed by atoms with van der Waals surface area (Å²) in [7, 11) is 0. The SMILES string of the molecule is CC1=CC2=CC(c3cc4ccc(N5CCN[C@H](C)C5)cc4oc3=O)=C=CCN2C=C1. The Morgan fingerprint density at radius 2 is 2.13 bits per heavy atom. The van der Waals surface area contributed by atoms with E-state index in [1.807, 2.05) is 30.4 Å². The van der Waals surface area contributed by atoms with E-state index in [4.69, 9.17) is 4.42 Å². The number of piperazine rings is 1. The molecule has 1 N–H and O–H groups in total. The van der Waals surface area contributed by atoms with Crippen LogP contribution in [0, 0.1) is 0 Å². The largest absolute Gasteiger partial charge is 0.422 e. The van der Waals surface area contributed by atoms with E-state index in [0.29, 0.717) is 17.2 Å². The van der Waals surface area contributed by atoms with Gasteiger partial charge in [-0.15, -0.1) is 5.73 Å². The van der Waals surface area contributed by atoms with E-state index in [-0.39, 0.29) is 5.63 Å². The van der Waals surface area contributed by atoms with Crippen LogP contribution in [-0.2, 0) is 0 Å². The van der Waals surface area contributed by atoms with Gasteiger partial charge in [0.2, 0.25) is 0 Å². The number of nitrogens with zero attached hydrogens (tertiary/aromatic N) is 2. The number of nitrogens with one attached hydrogen (secondary N) is 1. The Balaban J connectivity index is 1.53. The van der Waals surface area contributed by atoms with Crippen molar-refractivity contribution in [2.45, 2.75) is 19.9 Å². The number of benzene rings is 1. The van der Waals surface area contributed by atoms with Crippen molar-refractivity contribution < 1.29 is 4.42 Å². The molecule has 0 radical (unpaired) electrons. The minimum absolute atomic E-state index is 0.332. The lowest BCUT2D eigenvalue weighted by Gasteiger charge is -2.33. The minimum atomic E-state index is -0.332. The van der Waals surface area contributed by atoms with Crippen LogP contribution in [0.2, 0.25) is 0 Å². The molecule has 152 valence electrons. The molecule has 5 heteroatoms. The summed E-state index contributed by atoms with van der Waals surface area (Å²) in [5.41, 5.74) is 8.18. The van der Waals surface area contributed by atoms with Gasteiger partial charge in [0.15, 0.2) is 0 Å². The molecule has 1 aromatic heterocycles. The summed E-state index contributed by atoms with van der Waals surface area (Å²) in [6.07, 6.45) is 10.2. The zero-order chi connectivity index (χ0) is 20.7. The summed E-state index contributed by atoms with van der Waals surface area (Å²) in [6, 6.07) is 8.49. The fraction of sp³-hybridized carbons (Fsp3) is 0.280. The highest BCUT2D eigenvalue weighted by Gasteiger charge is 2.18. The van der Waals surface area contributed by atoms with Crippen molar-refractivity contribution in [3.05, 3.63) is 87.8 Å². The predicted octanol–water partition coefficient (Wildman–Crippen LogP) is 3.80. The zero-order valence-corrected chi connectivity index (χ0v) is 17.3. The van der Waals surface area contributed by atoms with Crippen molar-refractivity contribution >= 4 is 22.2 Å². The second-order valence-electron chi connectivity index (χ2n) is 8.16. The predicted molar refractivity (Wildman–Crippen MR) is 121 cm³/mol. The molecule has 5 nitrogen and oxygen atoms in total. The van der Waals surface area contributed by atoms with Crippen LogP contribution < -0.4 is 15.8 Å². The van der Waals surface area contributed by atoms with Crippen molar-refractivity contribution in [1.82, 2.24) is 10.2 Å². The van der Waals surface area contributed by atoms with Crippen molar-refractivity contribution in [2.75, 3.05) is 31.1 Å². The quantitative estimate of drug-likeness (QED) is 0.615. The molecule has 3 aliphatic heterocycles. The van der Waals surface area contributed by atoms with Gasteiger partial charge in [-0.3, -0.25) is 0 Å². The monoisotopic (exact) mass is 399 g/mol. The lowest BCUT2D eigenvalue weighted by molar-refractivity contribution is 0.484. The Bertz CT molecular complexity index is 1220. The van der Waals surface area contributed by atoms with Gasteiger partial charge in [-0.25, -0.2) is 4.79 Å². The van der Waals surface area contributed by atoms with Crippen LogP contribution in [0.25, 0.3) is 16.5 Å². The Morgan fingerprint density at radius 1 is 1.23 bits per heavy atom. The summed E-state index contributed by atoms with van der Waals surface area (Å²) in [5, 5.41) is 4.37. The normalized spacial score (nSPS) is 21.1. The second kappa shape index (κ2) is 7.52. The Labute approximate surface area is 176 Å². The van der Waals surface area contributed by atoms with E-state index in [0.717, 1.165) is 48.5 Å². The number of hydrogen-bond donors (Lipinski definition) is 1. The molecule has 5 rings (SSSR count). The lowest BCUT2D eigenvalue weighted by atomic mass is 10.0. The van der Waals surface area contributed by atoms with Crippen LogP contribution in [0.3, 0.4) is 0 Å². The molecule has 30 heavy (non-hydrogen) atoms. The number of hydrogen-bond acceptors (Lipinski definition) is 5. The smallest absolute Gasteiger partial charge is 0.344 e.